The Hall–Kier alpha value is -1.35. The number of carbonyl (C=O) groups is 1. The third-order valence-electron chi connectivity index (χ3n) is 2.72. The van der Waals surface area contributed by atoms with Crippen molar-refractivity contribution in [3.63, 3.8) is 0 Å². The summed E-state index contributed by atoms with van der Waals surface area (Å²) >= 11 is 0. The van der Waals surface area contributed by atoms with Crippen molar-refractivity contribution >= 4 is 5.97 Å². The Kier molecular flexibility index (Phi) is 3.02. The normalized spacial score (nSPS) is 19.6. The van der Waals surface area contributed by atoms with Crippen LogP contribution < -0.4 is 0 Å². The molecule has 0 radical (unpaired) electrons. The Morgan fingerprint density at radius 2 is 2.27 bits per heavy atom. The van der Waals surface area contributed by atoms with E-state index < -0.39 is 5.97 Å². The maximum absolute atomic E-state index is 10.4. The molecule has 0 saturated carbocycles. The summed E-state index contributed by atoms with van der Waals surface area (Å²) in [5.74, 6) is -0.905. The predicted octanol–water partition coefficient (Wildman–Crippen LogP) is 2.17. The van der Waals surface area contributed by atoms with Crippen LogP contribution in [0.15, 0.2) is 24.3 Å². The van der Waals surface area contributed by atoms with Gasteiger partial charge >= 0.3 is 5.97 Å². The van der Waals surface area contributed by atoms with Crippen LogP contribution in [0.1, 0.15) is 30.1 Å². The first-order valence-electron chi connectivity index (χ1n) is 5.18. The monoisotopic (exact) mass is 206 g/mol. The van der Waals surface area contributed by atoms with Crippen LogP contribution >= 0.6 is 0 Å². The van der Waals surface area contributed by atoms with Gasteiger partial charge in [-0.25, -0.2) is 4.79 Å². The van der Waals surface area contributed by atoms with Gasteiger partial charge in [-0.2, -0.15) is 0 Å². The second-order valence-electron chi connectivity index (χ2n) is 3.78. The molecule has 0 bridgehead atoms. The molecule has 1 N–H and O–H groups in total. The Bertz CT molecular complexity index is 360. The average molecular weight is 206 g/mol. The van der Waals surface area contributed by atoms with Crippen molar-refractivity contribution in [1.82, 2.24) is 0 Å². The summed E-state index contributed by atoms with van der Waals surface area (Å²) in [6, 6.07) is 8.10. The fraction of sp³-hybridized carbons (Fsp3) is 0.417. The lowest BCUT2D eigenvalue weighted by Gasteiger charge is -2.24. The quantitative estimate of drug-likeness (QED) is 0.824. The van der Waals surface area contributed by atoms with Crippen LogP contribution in [0.3, 0.4) is 0 Å². The molecule has 1 aromatic rings. The highest BCUT2D eigenvalue weighted by atomic mass is 16.5. The molecule has 0 heterocycles. The standard InChI is InChI=1S/C12H14O3/c13-12(14)8-15-11-7-3-5-9-4-1-2-6-10(9)11/h1-2,4,6,11H,3,5,7-8H2,(H,13,14). The Morgan fingerprint density at radius 1 is 1.47 bits per heavy atom. The zero-order chi connectivity index (χ0) is 10.7. The van der Waals surface area contributed by atoms with Crippen molar-refractivity contribution in [3.05, 3.63) is 35.4 Å². The van der Waals surface area contributed by atoms with Crippen molar-refractivity contribution in [3.8, 4) is 0 Å². The maximum Gasteiger partial charge on any atom is 0.329 e. The van der Waals surface area contributed by atoms with Crippen LogP contribution in [-0.2, 0) is 16.0 Å². The Balaban J connectivity index is 2.11. The van der Waals surface area contributed by atoms with Gasteiger partial charge in [0, 0.05) is 0 Å². The number of hydrogen-bond acceptors (Lipinski definition) is 2. The molecule has 15 heavy (non-hydrogen) atoms. The molecule has 3 nitrogen and oxygen atoms in total. The van der Waals surface area contributed by atoms with Crippen molar-refractivity contribution in [2.24, 2.45) is 0 Å². The molecule has 2 rings (SSSR count). The molecule has 3 heteroatoms. The number of aliphatic carboxylic acids is 1. The molecular formula is C12H14O3. The number of benzene rings is 1. The van der Waals surface area contributed by atoms with Crippen LogP contribution in [0.25, 0.3) is 0 Å². The lowest BCUT2D eigenvalue weighted by Crippen LogP contribution is -2.16. The summed E-state index contributed by atoms with van der Waals surface area (Å²) in [7, 11) is 0. The first-order chi connectivity index (χ1) is 7.27. The predicted molar refractivity (Wildman–Crippen MR) is 55.7 cm³/mol. The molecule has 1 atom stereocenters. The summed E-state index contributed by atoms with van der Waals surface area (Å²) in [6.45, 7) is -0.209. The van der Waals surface area contributed by atoms with Crippen molar-refractivity contribution in [1.29, 1.82) is 0 Å². The molecule has 1 aromatic carbocycles. The fourth-order valence-corrected chi connectivity index (χ4v) is 2.05. The average Bonchev–Trinajstić information content (AvgIpc) is 2.26. The Labute approximate surface area is 88.7 Å². The van der Waals surface area contributed by atoms with Gasteiger partial charge < -0.3 is 9.84 Å². The third-order valence-corrected chi connectivity index (χ3v) is 2.72. The van der Waals surface area contributed by atoms with Crippen LogP contribution in [0, 0.1) is 0 Å². The topological polar surface area (TPSA) is 46.5 Å². The second kappa shape index (κ2) is 4.45. The lowest BCUT2D eigenvalue weighted by molar-refractivity contribution is -0.144. The van der Waals surface area contributed by atoms with E-state index in [0.29, 0.717) is 0 Å². The zero-order valence-electron chi connectivity index (χ0n) is 8.48. The van der Waals surface area contributed by atoms with Crippen molar-refractivity contribution < 1.29 is 14.6 Å². The molecule has 0 amide bonds. The molecule has 1 aliphatic carbocycles. The highest BCUT2D eigenvalue weighted by Crippen LogP contribution is 2.31. The molecule has 0 spiro atoms. The summed E-state index contributed by atoms with van der Waals surface area (Å²) in [4.78, 5) is 10.4. The highest BCUT2D eigenvalue weighted by molar-refractivity contribution is 5.68. The van der Waals surface area contributed by atoms with E-state index >= 15 is 0 Å². The molecule has 0 fully saturated rings. The number of aryl methyl sites for hydroxylation is 1. The number of ether oxygens (including phenoxy) is 1. The summed E-state index contributed by atoms with van der Waals surface area (Å²) < 4.78 is 5.37. The van der Waals surface area contributed by atoms with Crippen LogP contribution in [0.5, 0.6) is 0 Å². The van der Waals surface area contributed by atoms with Gasteiger partial charge in [-0.15, -0.1) is 0 Å². The van der Waals surface area contributed by atoms with E-state index in [4.69, 9.17) is 9.84 Å². The van der Waals surface area contributed by atoms with Crippen molar-refractivity contribution in [2.75, 3.05) is 6.61 Å². The van der Waals surface area contributed by atoms with E-state index in [1.165, 1.54) is 5.56 Å². The largest absolute Gasteiger partial charge is 0.480 e. The number of carboxylic acid groups (broad SMARTS) is 1. The minimum absolute atomic E-state index is 0.0361. The van der Waals surface area contributed by atoms with Crippen LogP contribution in [-0.4, -0.2) is 17.7 Å². The van der Waals surface area contributed by atoms with E-state index in [-0.39, 0.29) is 12.7 Å². The van der Waals surface area contributed by atoms with Gasteiger partial charge in [-0.05, 0) is 30.4 Å². The van der Waals surface area contributed by atoms with E-state index in [1.807, 2.05) is 18.2 Å². The number of carboxylic acids is 1. The molecular weight excluding hydrogens is 192 g/mol. The minimum atomic E-state index is -0.905. The minimum Gasteiger partial charge on any atom is -0.480 e. The molecule has 80 valence electrons. The molecule has 0 aliphatic heterocycles. The number of hydrogen-bond donors (Lipinski definition) is 1. The summed E-state index contributed by atoms with van der Waals surface area (Å²) in [5.41, 5.74) is 2.45. The van der Waals surface area contributed by atoms with Gasteiger partial charge in [0.2, 0.25) is 0 Å². The molecule has 0 aromatic heterocycles. The van der Waals surface area contributed by atoms with E-state index in [0.717, 1.165) is 24.8 Å². The van der Waals surface area contributed by atoms with Crippen molar-refractivity contribution in [2.45, 2.75) is 25.4 Å². The van der Waals surface area contributed by atoms with Crippen LogP contribution in [0.2, 0.25) is 0 Å². The summed E-state index contributed by atoms with van der Waals surface area (Å²) in [5, 5.41) is 8.57. The van der Waals surface area contributed by atoms with Gasteiger partial charge in [-0.3, -0.25) is 0 Å². The first-order valence-corrected chi connectivity index (χ1v) is 5.18. The smallest absolute Gasteiger partial charge is 0.329 e. The zero-order valence-corrected chi connectivity index (χ0v) is 8.48. The maximum atomic E-state index is 10.4. The SMILES string of the molecule is O=C(O)COC1CCCc2ccccc21. The number of fused-ring (bicyclic) bond motifs is 1. The van der Waals surface area contributed by atoms with Gasteiger partial charge in [0.1, 0.15) is 6.61 Å². The summed E-state index contributed by atoms with van der Waals surface area (Å²) in [6.07, 6.45) is 3.03. The first kappa shape index (κ1) is 10.2. The van der Waals surface area contributed by atoms with Gasteiger partial charge in [0.05, 0.1) is 6.10 Å². The highest BCUT2D eigenvalue weighted by Gasteiger charge is 2.20. The number of rotatable bonds is 3. The van der Waals surface area contributed by atoms with E-state index in [9.17, 15) is 4.79 Å². The molecule has 0 saturated heterocycles. The van der Waals surface area contributed by atoms with Crippen LogP contribution in [0.4, 0.5) is 0 Å². The van der Waals surface area contributed by atoms with Gasteiger partial charge in [0.15, 0.2) is 0 Å². The molecule has 1 unspecified atom stereocenters. The van der Waals surface area contributed by atoms with Gasteiger partial charge in [-0.1, -0.05) is 24.3 Å². The lowest BCUT2D eigenvalue weighted by atomic mass is 9.89. The Morgan fingerprint density at radius 3 is 3.07 bits per heavy atom. The molecule has 1 aliphatic rings. The van der Waals surface area contributed by atoms with E-state index in [2.05, 4.69) is 6.07 Å². The van der Waals surface area contributed by atoms with E-state index in [1.54, 1.807) is 0 Å². The third kappa shape index (κ3) is 2.36. The second-order valence-corrected chi connectivity index (χ2v) is 3.78. The van der Waals surface area contributed by atoms with Gasteiger partial charge in [0.25, 0.3) is 0 Å². The fourth-order valence-electron chi connectivity index (χ4n) is 2.05.